The molecule has 1 N–H and O–H groups in total. The first-order valence-electron chi connectivity index (χ1n) is 9.00. The summed E-state index contributed by atoms with van der Waals surface area (Å²) in [5, 5.41) is 3.94. The van der Waals surface area contributed by atoms with Gasteiger partial charge in [-0.2, -0.15) is 0 Å². The number of nitrogens with one attached hydrogen (secondary N) is 1. The van der Waals surface area contributed by atoms with Crippen molar-refractivity contribution in [2.45, 2.75) is 76.8 Å². The monoisotopic (exact) mass is 286 g/mol. The minimum atomic E-state index is 0.424. The van der Waals surface area contributed by atoms with Gasteiger partial charge in [-0.05, 0) is 43.2 Å². The summed E-state index contributed by atoms with van der Waals surface area (Å²) >= 11 is 0. The second-order valence-corrected chi connectivity index (χ2v) is 7.13. The smallest absolute Gasteiger partial charge is 0.0315 e. The van der Waals surface area contributed by atoms with Gasteiger partial charge in [-0.25, -0.2) is 0 Å². The first-order valence-corrected chi connectivity index (χ1v) is 9.00. The van der Waals surface area contributed by atoms with Gasteiger partial charge in [-0.1, -0.05) is 51.0 Å². The highest BCUT2D eigenvalue weighted by atomic mass is 15.0. The van der Waals surface area contributed by atoms with E-state index in [1.807, 2.05) is 18.5 Å². The van der Waals surface area contributed by atoms with Crippen molar-refractivity contribution in [2.24, 2.45) is 11.8 Å². The Kier molecular flexibility index (Phi) is 5.29. The Morgan fingerprint density at radius 3 is 2.57 bits per heavy atom. The van der Waals surface area contributed by atoms with E-state index in [9.17, 15) is 0 Å². The molecule has 2 fully saturated rings. The molecule has 0 aliphatic heterocycles. The van der Waals surface area contributed by atoms with Crippen molar-refractivity contribution in [3.63, 3.8) is 0 Å². The number of hydrogen-bond donors (Lipinski definition) is 1. The minimum Gasteiger partial charge on any atom is -0.307 e. The van der Waals surface area contributed by atoms with Crippen LogP contribution < -0.4 is 5.32 Å². The third-order valence-electron chi connectivity index (χ3n) is 5.72. The lowest BCUT2D eigenvalue weighted by Crippen LogP contribution is -2.43. The molecule has 3 atom stereocenters. The number of nitrogens with zero attached hydrogens (tertiary/aromatic N) is 1. The molecule has 3 rings (SSSR count). The quantitative estimate of drug-likeness (QED) is 0.854. The third kappa shape index (κ3) is 3.85. The normalized spacial score (nSPS) is 29.2. The fraction of sp³-hybridized carbons (Fsp3) is 0.737. The van der Waals surface area contributed by atoms with E-state index in [-0.39, 0.29) is 0 Å². The van der Waals surface area contributed by atoms with Gasteiger partial charge in [0, 0.05) is 24.5 Å². The molecule has 116 valence electrons. The lowest BCUT2D eigenvalue weighted by Gasteiger charge is -2.40. The van der Waals surface area contributed by atoms with Crippen LogP contribution in [0.25, 0.3) is 0 Å². The van der Waals surface area contributed by atoms with Gasteiger partial charge in [0.25, 0.3) is 0 Å². The van der Waals surface area contributed by atoms with Gasteiger partial charge >= 0.3 is 0 Å². The van der Waals surface area contributed by atoms with Crippen LogP contribution in [0.1, 0.15) is 76.3 Å². The predicted molar refractivity (Wildman–Crippen MR) is 88.1 cm³/mol. The van der Waals surface area contributed by atoms with Gasteiger partial charge < -0.3 is 5.32 Å². The molecular formula is C19H30N2. The second-order valence-electron chi connectivity index (χ2n) is 7.13. The molecule has 0 radical (unpaired) electrons. The number of aromatic nitrogens is 1. The van der Waals surface area contributed by atoms with Gasteiger partial charge in [-0.3, -0.25) is 4.98 Å². The van der Waals surface area contributed by atoms with Crippen LogP contribution in [0.2, 0.25) is 0 Å². The maximum absolute atomic E-state index is 4.27. The summed E-state index contributed by atoms with van der Waals surface area (Å²) in [6.45, 7) is 2.30. The molecule has 0 bridgehead atoms. The van der Waals surface area contributed by atoms with Crippen LogP contribution in [0.4, 0.5) is 0 Å². The van der Waals surface area contributed by atoms with Crippen molar-refractivity contribution in [1.82, 2.24) is 10.3 Å². The number of rotatable bonds is 4. The first-order chi connectivity index (χ1) is 10.3. The maximum Gasteiger partial charge on any atom is 0.0315 e. The van der Waals surface area contributed by atoms with Gasteiger partial charge in [0.2, 0.25) is 0 Å². The molecule has 0 spiro atoms. The van der Waals surface area contributed by atoms with E-state index < -0.39 is 0 Å². The van der Waals surface area contributed by atoms with Crippen molar-refractivity contribution in [3.8, 4) is 0 Å². The highest BCUT2D eigenvalue weighted by Gasteiger charge is 2.33. The van der Waals surface area contributed by atoms with E-state index in [2.05, 4.69) is 23.3 Å². The zero-order valence-electron chi connectivity index (χ0n) is 13.4. The Balaban J connectivity index is 1.63. The Labute approximate surface area is 129 Å². The SMILES string of the molecule is CC(NC1CCCCC1C1CCCCC1)c1cccnc1. The van der Waals surface area contributed by atoms with Gasteiger partial charge in [-0.15, -0.1) is 0 Å². The van der Waals surface area contributed by atoms with Crippen molar-refractivity contribution in [1.29, 1.82) is 0 Å². The van der Waals surface area contributed by atoms with Crippen molar-refractivity contribution in [2.75, 3.05) is 0 Å². The van der Waals surface area contributed by atoms with E-state index in [1.54, 1.807) is 0 Å². The summed E-state index contributed by atoms with van der Waals surface area (Å²) in [6.07, 6.45) is 16.9. The Morgan fingerprint density at radius 1 is 1.05 bits per heavy atom. The zero-order chi connectivity index (χ0) is 14.5. The summed E-state index contributed by atoms with van der Waals surface area (Å²) < 4.78 is 0. The molecule has 0 saturated heterocycles. The molecule has 2 heteroatoms. The molecule has 2 aliphatic carbocycles. The lowest BCUT2D eigenvalue weighted by molar-refractivity contribution is 0.143. The van der Waals surface area contributed by atoms with Gasteiger partial charge in [0.15, 0.2) is 0 Å². The predicted octanol–water partition coefficient (Wildman–Crippen LogP) is 4.87. The van der Waals surface area contributed by atoms with Crippen molar-refractivity contribution in [3.05, 3.63) is 30.1 Å². The van der Waals surface area contributed by atoms with Crippen LogP contribution in [-0.4, -0.2) is 11.0 Å². The standard InChI is InChI=1S/C19H30N2/c1-15(17-10-7-13-20-14-17)21-19-12-6-5-11-18(19)16-8-3-2-4-9-16/h7,10,13-16,18-19,21H,2-6,8-9,11-12H2,1H3. The van der Waals surface area contributed by atoms with Crippen LogP contribution in [0, 0.1) is 11.8 Å². The molecule has 0 aromatic carbocycles. The average molecular weight is 286 g/mol. The Hall–Kier alpha value is -0.890. The average Bonchev–Trinajstić information content (AvgIpc) is 2.57. The van der Waals surface area contributed by atoms with Gasteiger partial charge in [0.05, 0.1) is 0 Å². The molecule has 1 aromatic heterocycles. The molecule has 1 heterocycles. The van der Waals surface area contributed by atoms with Gasteiger partial charge in [0.1, 0.15) is 0 Å². The zero-order valence-corrected chi connectivity index (χ0v) is 13.4. The van der Waals surface area contributed by atoms with Crippen LogP contribution in [-0.2, 0) is 0 Å². The fourth-order valence-electron chi connectivity index (χ4n) is 4.54. The number of pyridine rings is 1. The van der Waals surface area contributed by atoms with Crippen LogP contribution in [0.5, 0.6) is 0 Å². The summed E-state index contributed by atoms with van der Waals surface area (Å²) in [5.74, 6) is 1.90. The summed E-state index contributed by atoms with van der Waals surface area (Å²) in [5.41, 5.74) is 1.32. The maximum atomic E-state index is 4.27. The van der Waals surface area contributed by atoms with E-state index in [0.29, 0.717) is 6.04 Å². The summed E-state index contributed by atoms with van der Waals surface area (Å²) in [7, 11) is 0. The Morgan fingerprint density at radius 2 is 1.81 bits per heavy atom. The van der Waals surface area contributed by atoms with Crippen molar-refractivity contribution >= 4 is 0 Å². The van der Waals surface area contributed by atoms with E-state index >= 15 is 0 Å². The second kappa shape index (κ2) is 7.40. The third-order valence-corrected chi connectivity index (χ3v) is 5.72. The van der Waals surface area contributed by atoms with Crippen LogP contribution in [0.3, 0.4) is 0 Å². The molecule has 0 amide bonds. The summed E-state index contributed by atoms with van der Waals surface area (Å²) in [6, 6.07) is 5.39. The molecular weight excluding hydrogens is 256 g/mol. The largest absolute Gasteiger partial charge is 0.307 e. The first kappa shape index (κ1) is 15.0. The highest BCUT2D eigenvalue weighted by molar-refractivity contribution is 5.13. The van der Waals surface area contributed by atoms with Crippen LogP contribution in [0.15, 0.2) is 24.5 Å². The highest BCUT2D eigenvalue weighted by Crippen LogP contribution is 2.39. The van der Waals surface area contributed by atoms with Crippen molar-refractivity contribution < 1.29 is 0 Å². The van der Waals surface area contributed by atoms with E-state index in [4.69, 9.17) is 0 Å². The fourth-order valence-corrected chi connectivity index (χ4v) is 4.54. The van der Waals surface area contributed by atoms with E-state index in [0.717, 1.165) is 17.9 Å². The molecule has 2 saturated carbocycles. The summed E-state index contributed by atoms with van der Waals surface area (Å²) in [4.78, 5) is 4.27. The number of hydrogen-bond acceptors (Lipinski definition) is 2. The Bertz CT molecular complexity index is 411. The lowest BCUT2D eigenvalue weighted by atomic mass is 9.70. The molecule has 21 heavy (non-hydrogen) atoms. The van der Waals surface area contributed by atoms with E-state index in [1.165, 1.54) is 63.4 Å². The van der Waals surface area contributed by atoms with Crippen LogP contribution >= 0.6 is 0 Å². The molecule has 3 unspecified atom stereocenters. The topological polar surface area (TPSA) is 24.9 Å². The molecule has 2 nitrogen and oxygen atoms in total. The molecule has 1 aromatic rings. The minimum absolute atomic E-state index is 0.424. The molecule has 2 aliphatic rings.